The van der Waals surface area contributed by atoms with E-state index < -0.39 is 11.5 Å². The summed E-state index contributed by atoms with van der Waals surface area (Å²) in [6.07, 6.45) is 4.19. The highest BCUT2D eigenvalue weighted by Crippen LogP contribution is 2.19. The van der Waals surface area contributed by atoms with E-state index in [9.17, 15) is 14.4 Å². The maximum Gasteiger partial charge on any atom is 0.303 e. The zero-order valence-corrected chi connectivity index (χ0v) is 8.97. The molecule has 1 unspecified atom stereocenters. The summed E-state index contributed by atoms with van der Waals surface area (Å²) in [5.41, 5.74) is -0.946. The number of carbonyl (C=O) groups is 3. The largest absolute Gasteiger partial charge is 0.481 e. The van der Waals surface area contributed by atoms with Crippen LogP contribution >= 0.6 is 0 Å². The van der Waals surface area contributed by atoms with Gasteiger partial charge in [0, 0.05) is 12.6 Å². The van der Waals surface area contributed by atoms with Crippen LogP contribution in [0.15, 0.2) is 17.1 Å². The van der Waals surface area contributed by atoms with Crippen LogP contribution in [0.5, 0.6) is 0 Å². The van der Waals surface area contributed by atoms with Crippen molar-refractivity contribution in [2.24, 2.45) is 4.99 Å². The Morgan fingerprint density at radius 2 is 2.00 bits per heavy atom. The molecule has 1 heterocycles. The van der Waals surface area contributed by atoms with Crippen LogP contribution in [0.4, 0.5) is 0 Å². The molecule has 1 aliphatic heterocycles. The maximum atomic E-state index is 11.7. The standard InChI is InChI=1S/C11H13NO4/c1-11(5-2-6-12-11)9(14)7-8(13)3-4-10(15)16/h2,5-6H,3-4,7H2,1H3,(H,15,16). The third-order valence-corrected chi connectivity index (χ3v) is 2.39. The van der Waals surface area contributed by atoms with Crippen LogP contribution < -0.4 is 0 Å². The van der Waals surface area contributed by atoms with Gasteiger partial charge in [-0.05, 0) is 19.1 Å². The van der Waals surface area contributed by atoms with Gasteiger partial charge in [-0.15, -0.1) is 0 Å². The molecule has 0 aliphatic carbocycles. The van der Waals surface area contributed by atoms with Crippen molar-refractivity contribution >= 4 is 23.8 Å². The number of hydrogen-bond donors (Lipinski definition) is 1. The minimum absolute atomic E-state index is 0.107. The van der Waals surface area contributed by atoms with Crippen LogP contribution in [-0.4, -0.2) is 34.4 Å². The molecule has 0 aromatic rings. The predicted molar refractivity (Wildman–Crippen MR) is 57.5 cm³/mol. The lowest BCUT2D eigenvalue weighted by molar-refractivity contribution is -0.139. The summed E-state index contributed by atoms with van der Waals surface area (Å²) in [4.78, 5) is 37.2. The van der Waals surface area contributed by atoms with Gasteiger partial charge in [-0.1, -0.05) is 0 Å². The number of hydrogen-bond acceptors (Lipinski definition) is 4. The molecule has 1 N–H and O–H groups in total. The van der Waals surface area contributed by atoms with Crippen LogP contribution in [0.2, 0.25) is 0 Å². The number of nitrogens with zero attached hydrogens (tertiary/aromatic N) is 1. The fourth-order valence-electron chi connectivity index (χ4n) is 1.33. The SMILES string of the molecule is CC1(C(=O)CC(=O)CCC(=O)O)C=CC=N1. The van der Waals surface area contributed by atoms with Crippen molar-refractivity contribution in [3.8, 4) is 0 Å². The predicted octanol–water partition coefficient (Wildman–Crippen LogP) is 0.779. The molecule has 0 spiro atoms. The number of aliphatic imine (C=N–C) groups is 1. The molecule has 0 bridgehead atoms. The molecule has 1 rings (SSSR count). The third kappa shape index (κ3) is 3.12. The molecule has 86 valence electrons. The quantitative estimate of drug-likeness (QED) is 0.674. The van der Waals surface area contributed by atoms with E-state index in [0.29, 0.717) is 0 Å². The van der Waals surface area contributed by atoms with Gasteiger partial charge < -0.3 is 5.11 Å². The molecule has 0 amide bonds. The van der Waals surface area contributed by atoms with Crippen molar-refractivity contribution < 1.29 is 19.5 Å². The maximum absolute atomic E-state index is 11.7. The first-order chi connectivity index (χ1) is 7.44. The highest BCUT2D eigenvalue weighted by molar-refractivity contribution is 6.06. The lowest BCUT2D eigenvalue weighted by Gasteiger charge is -2.15. The smallest absolute Gasteiger partial charge is 0.303 e. The first-order valence-electron chi connectivity index (χ1n) is 4.94. The van der Waals surface area contributed by atoms with Crippen LogP contribution in [0.1, 0.15) is 26.2 Å². The minimum atomic E-state index is -1.04. The van der Waals surface area contributed by atoms with E-state index in [-0.39, 0.29) is 30.8 Å². The van der Waals surface area contributed by atoms with E-state index in [4.69, 9.17) is 5.11 Å². The summed E-state index contributed by atoms with van der Waals surface area (Å²) in [5.74, 6) is -1.69. The molecule has 0 saturated carbocycles. The second-order valence-electron chi connectivity index (χ2n) is 3.82. The fraction of sp³-hybridized carbons (Fsp3) is 0.455. The Hall–Kier alpha value is -1.78. The Balaban J connectivity index is 2.46. The highest BCUT2D eigenvalue weighted by Gasteiger charge is 2.31. The van der Waals surface area contributed by atoms with Gasteiger partial charge in [-0.3, -0.25) is 19.4 Å². The molecule has 16 heavy (non-hydrogen) atoms. The van der Waals surface area contributed by atoms with Crippen molar-refractivity contribution in [2.45, 2.75) is 31.7 Å². The molecule has 0 aromatic heterocycles. The van der Waals surface area contributed by atoms with Gasteiger partial charge in [0.2, 0.25) is 0 Å². The first-order valence-corrected chi connectivity index (χ1v) is 4.94. The number of carbonyl (C=O) groups excluding carboxylic acids is 2. The number of Topliss-reactive ketones (excluding diaryl/α,β-unsaturated/α-hetero) is 2. The molecule has 0 aromatic carbocycles. The number of carboxylic acids is 1. The van der Waals surface area contributed by atoms with Gasteiger partial charge in [-0.2, -0.15) is 0 Å². The zero-order chi connectivity index (χ0) is 12.2. The number of ketones is 2. The summed E-state index contributed by atoms with van der Waals surface area (Å²) in [6, 6.07) is 0. The number of rotatable bonds is 6. The normalized spacial score (nSPS) is 22.3. The van der Waals surface area contributed by atoms with E-state index in [1.54, 1.807) is 19.1 Å². The lowest BCUT2D eigenvalue weighted by atomic mass is 9.93. The summed E-state index contributed by atoms with van der Waals surface area (Å²) in [7, 11) is 0. The van der Waals surface area contributed by atoms with Gasteiger partial charge in [-0.25, -0.2) is 0 Å². The summed E-state index contributed by atoms with van der Waals surface area (Å²) in [5, 5.41) is 8.39. The Labute approximate surface area is 92.9 Å². The molecular formula is C11H13NO4. The van der Waals surface area contributed by atoms with Gasteiger partial charge in [0.05, 0.1) is 12.8 Å². The molecule has 0 radical (unpaired) electrons. The van der Waals surface area contributed by atoms with E-state index in [0.717, 1.165) is 0 Å². The van der Waals surface area contributed by atoms with E-state index >= 15 is 0 Å². The van der Waals surface area contributed by atoms with Crippen molar-refractivity contribution in [1.82, 2.24) is 0 Å². The lowest BCUT2D eigenvalue weighted by Crippen LogP contribution is -2.31. The average molecular weight is 223 g/mol. The van der Waals surface area contributed by atoms with Crippen molar-refractivity contribution in [3.05, 3.63) is 12.2 Å². The second kappa shape index (κ2) is 4.83. The number of allylic oxidation sites excluding steroid dienone is 1. The number of aliphatic carboxylic acids is 1. The highest BCUT2D eigenvalue weighted by atomic mass is 16.4. The molecule has 5 nitrogen and oxygen atoms in total. The van der Waals surface area contributed by atoms with E-state index in [1.165, 1.54) is 6.21 Å². The fourth-order valence-corrected chi connectivity index (χ4v) is 1.33. The monoisotopic (exact) mass is 223 g/mol. The van der Waals surface area contributed by atoms with Crippen molar-refractivity contribution in [2.75, 3.05) is 0 Å². The van der Waals surface area contributed by atoms with Gasteiger partial charge in [0.15, 0.2) is 5.78 Å². The van der Waals surface area contributed by atoms with Crippen molar-refractivity contribution in [3.63, 3.8) is 0 Å². The summed E-state index contributed by atoms with van der Waals surface area (Å²) >= 11 is 0. The van der Waals surface area contributed by atoms with Crippen LogP contribution in [0, 0.1) is 0 Å². The Morgan fingerprint density at radius 1 is 1.31 bits per heavy atom. The number of carboxylic acid groups (broad SMARTS) is 1. The van der Waals surface area contributed by atoms with Gasteiger partial charge >= 0.3 is 5.97 Å². The minimum Gasteiger partial charge on any atom is -0.481 e. The molecule has 0 saturated heterocycles. The van der Waals surface area contributed by atoms with Crippen LogP contribution in [0.25, 0.3) is 0 Å². The molecule has 1 aliphatic rings. The molecule has 1 atom stereocenters. The Bertz CT molecular complexity index is 369. The van der Waals surface area contributed by atoms with Gasteiger partial charge in [0.1, 0.15) is 11.3 Å². The second-order valence-corrected chi connectivity index (χ2v) is 3.82. The third-order valence-electron chi connectivity index (χ3n) is 2.39. The molecule has 5 heteroatoms. The average Bonchev–Trinajstić information content (AvgIpc) is 2.63. The van der Waals surface area contributed by atoms with Gasteiger partial charge in [0.25, 0.3) is 0 Å². The zero-order valence-electron chi connectivity index (χ0n) is 8.97. The Morgan fingerprint density at radius 3 is 2.50 bits per heavy atom. The van der Waals surface area contributed by atoms with Crippen LogP contribution in [-0.2, 0) is 14.4 Å². The van der Waals surface area contributed by atoms with E-state index in [1.807, 2.05) is 0 Å². The van der Waals surface area contributed by atoms with Crippen molar-refractivity contribution in [1.29, 1.82) is 0 Å². The van der Waals surface area contributed by atoms with E-state index in [2.05, 4.69) is 4.99 Å². The molecule has 0 fully saturated rings. The topological polar surface area (TPSA) is 83.8 Å². The molecular weight excluding hydrogens is 210 g/mol. The summed E-state index contributed by atoms with van der Waals surface area (Å²) < 4.78 is 0. The van der Waals surface area contributed by atoms with Crippen LogP contribution in [0.3, 0.4) is 0 Å². The summed E-state index contributed by atoms with van der Waals surface area (Å²) in [6.45, 7) is 1.62. The Kier molecular flexibility index (Phi) is 3.71. The first kappa shape index (κ1) is 12.3.